The summed E-state index contributed by atoms with van der Waals surface area (Å²) in [5.41, 5.74) is 0.639. The van der Waals surface area contributed by atoms with Gasteiger partial charge in [0.25, 0.3) is 0 Å². The highest BCUT2D eigenvalue weighted by molar-refractivity contribution is 5.67. The second-order valence-electron chi connectivity index (χ2n) is 2.52. The van der Waals surface area contributed by atoms with Gasteiger partial charge in [-0.2, -0.15) is 0 Å². The zero-order chi connectivity index (χ0) is 8.97. The van der Waals surface area contributed by atoms with Crippen LogP contribution in [0.5, 0.6) is 0 Å². The van der Waals surface area contributed by atoms with E-state index < -0.39 is 12.1 Å². The van der Waals surface area contributed by atoms with Crippen molar-refractivity contribution in [2.75, 3.05) is 0 Å². The zero-order valence-corrected chi connectivity index (χ0v) is 6.47. The second-order valence-corrected chi connectivity index (χ2v) is 2.52. The van der Waals surface area contributed by atoms with Gasteiger partial charge < -0.3 is 10.2 Å². The Morgan fingerprint density at radius 3 is 2.42 bits per heavy atom. The number of carboxylic acids is 1. The van der Waals surface area contributed by atoms with Gasteiger partial charge in [0.15, 0.2) is 0 Å². The number of hydrogen-bond acceptors (Lipinski definition) is 2. The predicted molar refractivity (Wildman–Crippen MR) is 43.7 cm³/mol. The fraction of sp³-hybridized carbons (Fsp3) is 0.222. The third kappa shape index (κ3) is 2.36. The summed E-state index contributed by atoms with van der Waals surface area (Å²) in [6.07, 6.45) is -1.15. The molecular formula is C9H10O3. The lowest BCUT2D eigenvalue weighted by molar-refractivity contribution is -0.139. The second kappa shape index (κ2) is 3.88. The Morgan fingerprint density at radius 2 is 1.92 bits per heavy atom. The summed E-state index contributed by atoms with van der Waals surface area (Å²) in [5, 5.41) is 17.7. The average Bonchev–Trinajstić information content (AvgIpc) is 2.05. The van der Waals surface area contributed by atoms with Crippen molar-refractivity contribution in [1.29, 1.82) is 0 Å². The average molecular weight is 166 g/mol. The highest BCUT2D eigenvalue weighted by Gasteiger charge is 2.10. The van der Waals surface area contributed by atoms with E-state index in [1.807, 2.05) is 6.07 Å². The molecule has 0 saturated carbocycles. The molecule has 0 aliphatic heterocycles. The highest BCUT2D eigenvalue weighted by Crippen LogP contribution is 2.15. The van der Waals surface area contributed by atoms with Crippen molar-refractivity contribution in [1.82, 2.24) is 0 Å². The van der Waals surface area contributed by atoms with Gasteiger partial charge in [0.1, 0.15) is 0 Å². The molecule has 0 unspecified atom stereocenters. The van der Waals surface area contributed by atoms with Crippen LogP contribution in [-0.4, -0.2) is 16.2 Å². The lowest BCUT2D eigenvalue weighted by atomic mass is 10.1. The Labute approximate surface area is 70.3 Å². The summed E-state index contributed by atoms with van der Waals surface area (Å²) in [6, 6.07) is 8.75. The fourth-order valence-electron chi connectivity index (χ4n) is 0.958. The van der Waals surface area contributed by atoms with Gasteiger partial charge in [-0.15, -0.1) is 0 Å². The van der Waals surface area contributed by atoms with Crippen LogP contribution in [0.1, 0.15) is 18.1 Å². The largest absolute Gasteiger partial charge is 0.481 e. The number of rotatable bonds is 3. The smallest absolute Gasteiger partial charge is 0.306 e. The van der Waals surface area contributed by atoms with Crippen molar-refractivity contribution in [3.63, 3.8) is 0 Å². The molecule has 1 aromatic rings. The quantitative estimate of drug-likeness (QED) is 0.709. The van der Waals surface area contributed by atoms with Crippen LogP contribution in [0.4, 0.5) is 0 Å². The van der Waals surface area contributed by atoms with Crippen LogP contribution in [0.15, 0.2) is 30.3 Å². The Kier molecular flexibility index (Phi) is 2.82. The van der Waals surface area contributed by atoms with E-state index in [9.17, 15) is 9.90 Å². The zero-order valence-electron chi connectivity index (χ0n) is 6.47. The van der Waals surface area contributed by atoms with E-state index in [-0.39, 0.29) is 6.42 Å². The molecule has 0 heterocycles. The minimum atomic E-state index is -0.994. The first-order chi connectivity index (χ1) is 5.70. The van der Waals surface area contributed by atoms with E-state index in [0.29, 0.717) is 5.56 Å². The van der Waals surface area contributed by atoms with Crippen LogP contribution in [0.3, 0.4) is 0 Å². The van der Waals surface area contributed by atoms with Gasteiger partial charge in [-0.1, -0.05) is 30.3 Å². The molecule has 0 amide bonds. The molecule has 0 radical (unpaired) electrons. The normalized spacial score (nSPS) is 12.4. The minimum absolute atomic E-state index is 0.246. The van der Waals surface area contributed by atoms with Crippen LogP contribution in [0.25, 0.3) is 0 Å². The fourth-order valence-corrected chi connectivity index (χ4v) is 0.958. The Balaban J connectivity index is 2.65. The summed E-state index contributed by atoms with van der Waals surface area (Å²) in [7, 11) is 0. The van der Waals surface area contributed by atoms with Crippen LogP contribution in [-0.2, 0) is 4.79 Å². The van der Waals surface area contributed by atoms with E-state index in [1.165, 1.54) is 0 Å². The number of benzene rings is 1. The van der Waals surface area contributed by atoms with Crippen LogP contribution < -0.4 is 0 Å². The molecule has 12 heavy (non-hydrogen) atoms. The van der Waals surface area contributed by atoms with Crippen molar-refractivity contribution in [2.45, 2.75) is 12.5 Å². The topological polar surface area (TPSA) is 57.5 Å². The maximum Gasteiger partial charge on any atom is 0.306 e. The number of hydrogen-bond donors (Lipinski definition) is 2. The van der Waals surface area contributed by atoms with Crippen molar-refractivity contribution >= 4 is 5.97 Å². The van der Waals surface area contributed by atoms with E-state index in [2.05, 4.69) is 0 Å². The summed E-state index contributed by atoms with van der Waals surface area (Å²) in [4.78, 5) is 10.2. The van der Waals surface area contributed by atoms with Gasteiger partial charge in [0, 0.05) is 0 Å². The van der Waals surface area contributed by atoms with Crippen LogP contribution in [0, 0.1) is 0 Å². The Hall–Kier alpha value is -1.35. The molecule has 64 valence electrons. The number of carbonyl (C=O) groups is 1. The summed E-state index contributed by atoms with van der Waals surface area (Å²) < 4.78 is 0. The molecule has 0 aliphatic carbocycles. The van der Waals surface area contributed by atoms with Crippen LogP contribution in [0.2, 0.25) is 0 Å². The van der Waals surface area contributed by atoms with E-state index in [0.717, 1.165) is 0 Å². The highest BCUT2D eigenvalue weighted by atomic mass is 16.4. The molecule has 0 bridgehead atoms. The minimum Gasteiger partial charge on any atom is -0.481 e. The first-order valence-corrected chi connectivity index (χ1v) is 3.65. The SMILES string of the molecule is O=C(O)C[C@H](O)c1ccccc1. The van der Waals surface area contributed by atoms with E-state index in [4.69, 9.17) is 5.11 Å². The molecule has 0 aliphatic rings. The lowest BCUT2D eigenvalue weighted by Gasteiger charge is -2.06. The molecule has 3 heteroatoms. The molecule has 3 nitrogen and oxygen atoms in total. The third-order valence-electron chi connectivity index (χ3n) is 1.55. The summed E-state index contributed by atoms with van der Waals surface area (Å²) in [5.74, 6) is -0.994. The standard InChI is InChI=1S/C9H10O3/c10-8(6-9(11)12)7-4-2-1-3-5-7/h1-5,8,10H,6H2,(H,11,12)/t8-/m0/s1. The molecule has 0 saturated heterocycles. The molecular weight excluding hydrogens is 156 g/mol. The number of aliphatic hydroxyl groups is 1. The number of aliphatic hydroxyl groups excluding tert-OH is 1. The van der Waals surface area contributed by atoms with Crippen molar-refractivity contribution in [2.24, 2.45) is 0 Å². The maximum atomic E-state index is 10.2. The summed E-state index contributed by atoms with van der Waals surface area (Å²) >= 11 is 0. The van der Waals surface area contributed by atoms with Gasteiger partial charge in [-0.05, 0) is 5.56 Å². The van der Waals surface area contributed by atoms with Gasteiger partial charge in [-0.3, -0.25) is 4.79 Å². The molecule has 1 atom stereocenters. The predicted octanol–water partition coefficient (Wildman–Crippen LogP) is 1.19. The molecule has 0 spiro atoms. The molecule has 2 N–H and O–H groups in total. The number of carboxylic acid groups (broad SMARTS) is 1. The third-order valence-corrected chi connectivity index (χ3v) is 1.55. The first kappa shape index (κ1) is 8.74. The first-order valence-electron chi connectivity index (χ1n) is 3.65. The van der Waals surface area contributed by atoms with Gasteiger partial charge in [0.2, 0.25) is 0 Å². The molecule has 0 aromatic heterocycles. The molecule has 0 fully saturated rings. The van der Waals surface area contributed by atoms with Crippen molar-refractivity contribution in [3.8, 4) is 0 Å². The van der Waals surface area contributed by atoms with Crippen molar-refractivity contribution < 1.29 is 15.0 Å². The molecule has 1 aromatic carbocycles. The number of aliphatic carboxylic acids is 1. The van der Waals surface area contributed by atoms with E-state index >= 15 is 0 Å². The molecule has 1 rings (SSSR count). The maximum absolute atomic E-state index is 10.2. The monoisotopic (exact) mass is 166 g/mol. The van der Waals surface area contributed by atoms with Gasteiger partial charge in [-0.25, -0.2) is 0 Å². The van der Waals surface area contributed by atoms with Crippen LogP contribution >= 0.6 is 0 Å². The van der Waals surface area contributed by atoms with Gasteiger partial charge in [0.05, 0.1) is 12.5 Å². The lowest BCUT2D eigenvalue weighted by Crippen LogP contribution is -2.04. The Bertz CT molecular complexity index is 256. The van der Waals surface area contributed by atoms with E-state index in [1.54, 1.807) is 24.3 Å². The summed E-state index contributed by atoms with van der Waals surface area (Å²) in [6.45, 7) is 0. The van der Waals surface area contributed by atoms with Crippen molar-refractivity contribution in [3.05, 3.63) is 35.9 Å². The van der Waals surface area contributed by atoms with Gasteiger partial charge >= 0.3 is 5.97 Å². The Morgan fingerprint density at radius 1 is 1.33 bits per heavy atom.